The number of benzene rings is 1. The van der Waals surface area contributed by atoms with E-state index in [-0.39, 0.29) is 11.8 Å². The fourth-order valence-electron chi connectivity index (χ4n) is 2.43. The Kier molecular flexibility index (Phi) is 4.65. The number of likely N-dealkylation sites (N-methyl/N-ethyl adjacent to an activating group) is 1. The van der Waals surface area contributed by atoms with E-state index in [1.54, 1.807) is 19.1 Å². The molecule has 0 saturated heterocycles. The number of aliphatic hydroxyl groups excluding tert-OH is 1. The second-order valence-electron chi connectivity index (χ2n) is 5.63. The number of nitrogens with zero attached hydrogens (tertiary/aromatic N) is 1. The molecule has 2 atom stereocenters. The van der Waals surface area contributed by atoms with Gasteiger partial charge in [-0.2, -0.15) is 0 Å². The zero-order valence-corrected chi connectivity index (χ0v) is 12.4. The Hall–Kier alpha value is -1.55. The fourth-order valence-corrected chi connectivity index (χ4v) is 2.43. The number of methoxy groups -OCH3 is 1. The van der Waals surface area contributed by atoms with Crippen LogP contribution in [0.4, 0.5) is 0 Å². The van der Waals surface area contributed by atoms with Crippen LogP contribution in [0.3, 0.4) is 0 Å². The highest BCUT2D eigenvalue weighted by atomic mass is 16.5. The van der Waals surface area contributed by atoms with Gasteiger partial charge in [0.05, 0.1) is 19.8 Å². The third kappa shape index (κ3) is 3.51. The third-order valence-electron chi connectivity index (χ3n) is 4.04. The van der Waals surface area contributed by atoms with Crippen LogP contribution in [0.2, 0.25) is 0 Å². The van der Waals surface area contributed by atoms with Crippen molar-refractivity contribution in [2.75, 3.05) is 20.7 Å². The molecule has 1 aromatic carbocycles. The summed E-state index contributed by atoms with van der Waals surface area (Å²) in [6, 6.07) is 7.28. The lowest BCUT2D eigenvalue weighted by molar-refractivity contribution is -0.135. The minimum Gasteiger partial charge on any atom is -0.497 e. The average Bonchev–Trinajstić information content (AvgIpc) is 3.30. The van der Waals surface area contributed by atoms with Crippen molar-refractivity contribution in [1.82, 2.24) is 4.90 Å². The Labute approximate surface area is 120 Å². The van der Waals surface area contributed by atoms with E-state index < -0.39 is 6.10 Å². The zero-order chi connectivity index (χ0) is 14.7. The quantitative estimate of drug-likeness (QED) is 0.867. The predicted octanol–water partition coefficient (Wildman–Crippen LogP) is 2.23. The topological polar surface area (TPSA) is 49.8 Å². The lowest BCUT2D eigenvalue weighted by Gasteiger charge is -2.24. The number of aliphatic hydroxyl groups is 1. The SMILES string of the molecule is COc1ccc(C(O)CN(C)C(=O)C(C)C2CC2)cc1. The van der Waals surface area contributed by atoms with Gasteiger partial charge in [-0.05, 0) is 36.5 Å². The Morgan fingerprint density at radius 3 is 2.50 bits per heavy atom. The van der Waals surface area contributed by atoms with Crippen molar-refractivity contribution in [1.29, 1.82) is 0 Å². The van der Waals surface area contributed by atoms with Gasteiger partial charge in [0.2, 0.25) is 5.91 Å². The molecule has 110 valence electrons. The molecular formula is C16H23NO3. The maximum Gasteiger partial charge on any atom is 0.225 e. The molecule has 0 spiro atoms. The number of amides is 1. The van der Waals surface area contributed by atoms with Gasteiger partial charge in [0.25, 0.3) is 0 Å². The third-order valence-corrected chi connectivity index (χ3v) is 4.04. The summed E-state index contributed by atoms with van der Waals surface area (Å²) in [5.41, 5.74) is 0.796. The monoisotopic (exact) mass is 277 g/mol. The van der Waals surface area contributed by atoms with Gasteiger partial charge in [-0.1, -0.05) is 19.1 Å². The first-order valence-electron chi connectivity index (χ1n) is 7.10. The molecule has 0 aliphatic heterocycles. The molecular weight excluding hydrogens is 254 g/mol. The standard InChI is InChI=1S/C16H23NO3/c1-11(12-4-5-12)16(19)17(2)10-15(18)13-6-8-14(20-3)9-7-13/h6-9,11-12,15,18H,4-5,10H2,1-3H3. The Morgan fingerprint density at radius 2 is 2.00 bits per heavy atom. The molecule has 4 heteroatoms. The molecule has 2 unspecified atom stereocenters. The summed E-state index contributed by atoms with van der Waals surface area (Å²) in [6.07, 6.45) is 1.64. The van der Waals surface area contributed by atoms with Crippen LogP contribution in [0, 0.1) is 11.8 Å². The number of hydrogen-bond donors (Lipinski definition) is 1. The molecule has 1 aliphatic carbocycles. The van der Waals surface area contributed by atoms with Gasteiger partial charge in [0.1, 0.15) is 5.75 Å². The van der Waals surface area contributed by atoms with E-state index in [1.165, 1.54) is 0 Å². The lowest BCUT2D eigenvalue weighted by atomic mass is 10.0. The van der Waals surface area contributed by atoms with Gasteiger partial charge < -0.3 is 14.7 Å². The van der Waals surface area contributed by atoms with Gasteiger partial charge in [-0.25, -0.2) is 0 Å². The van der Waals surface area contributed by atoms with Crippen LogP contribution in [0.15, 0.2) is 24.3 Å². The first-order chi connectivity index (χ1) is 9.52. The molecule has 0 bridgehead atoms. The summed E-state index contributed by atoms with van der Waals surface area (Å²) in [7, 11) is 3.37. The molecule has 2 rings (SSSR count). The first-order valence-corrected chi connectivity index (χ1v) is 7.10. The molecule has 1 amide bonds. The van der Waals surface area contributed by atoms with Crippen LogP contribution >= 0.6 is 0 Å². The maximum absolute atomic E-state index is 12.2. The molecule has 0 aromatic heterocycles. The number of carbonyl (C=O) groups excluding carboxylic acids is 1. The Morgan fingerprint density at radius 1 is 1.40 bits per heavy atom. The Bertz CT molecular complexity index is 453. The number of ether oxygens (including phenoxy) is 1. The summed E-state index contributed by atoms with van der Waals surface area (Å²) in [6.45, 7) is 2.30. The van der Waals surface area contributed by atoms with E-state index in [2.05, 4.69) is 0 Å². The van der Waals surface area contributed by atoms with Crippen LogP contribution in [0.5, 0.6) is 5.75 Å². The largest absolute Gasteiger partial charge is 0.497 e. The van der Waals surface area contributed by atoms with Crippen molar-refractivity contribution in [3.05, 3.63) is 29.8 Å². The fraction of sp³-hybridized carbons (Fsp3) is 0.562. The summed E-state index contributed by atoms with van der Waals surface area (Å²) in [4.78, 5) is 13.8. The van der Waals surface area contributed by atoms with Crippen LogP contribution in [-0.4, -0.2) is 36.6 Å². The number of carbonyl (C=O) groups is 1. The summed E-state index contributed by atoms with van der Waals surface area (Å²) in [5.74, 6) is 1.50. The van der Waals surface area contributed by atoms with Gasteiger partial charge in [-0.15, -0.1) is 0 Å². The normalized spacial score (nSPS) is 17.4. The molecule has 1 N–H and O–H groups in total. The minimum absolute atomic E-state index is 0.0723. The molecule has 0 heterocycles. The first kappa shape index (κ1) is 14.9. The zero-order valence-electron chi connectivity index (χ0n) is 12.4. The maximum atomic E-state index is 12.2. The van der Waals surface area contributed by atoms with Crippen molar-refractivity contribution in [3.8, 4) is 5.75 Å². The van der Waals surface area contributed by atoms with Crippen molar-refractivity contribution >= 4 is 5.91 Å². The van der Waals surface area contributed by atoms with E-state index in [0.717, 1.165) is 24.2 Å². The summed E-state index contributed by atoms with van der Waals surface area (Å²) < 4.78 is 5.09. The highest BCUT2D eigenvalue weighted by Crippen LogP contribution is 2.37. The molecule has 0 radical (unpaired) electrons. The van der Waals surface area contributed by atoms with Gasteiger partial charge in [0.15, 0.2) is 0 Å². The van der Waals surface area contributed by atoms with Crippen LogP contribution in [0.25, 0.3) is 0 Å². The number of rotatable bonds is 6. The van der Waals surface area contributed by atoms with E-state index >= 15 is 0 Å². The van der Waals surface area contributed by atoms with Crippen molar-refractivity contribution in [3.63, 3.8) is 0 Å². The van der Waals surface area contributed by atoms with Gasteiger partial charge in [0, 0.05) is 13.0 Å². The smallest absolute Gasteiger partial charge is 0.225 e. The minimum atomic E-state index is -0.666. The highest BCUT2D eigenvalue weighted by molar-refractivity contribution is 5.78. The van der Waals surface area contributed by atoms with Crippen molar-refractivity contribution in [2.45, 2.75) is 25.9 Å². The van der Waals surface area contributed by atoms with Crippen LogP contribution in [-0.2, 0) is 4.79 Å². The predicted molar refractivity (Wildman–Crippen MR) is 77.5 cm³/mol. The Balaban J connectivity index is 1.91. The van der Waals surface area contributed by atoms with E-state index in [1.807, 2.05) is 31.2 Å². The molecule has 1 saturated carbocycles. The lowest BCUT2D eigenvalue weighted by Crippen LogP contribution is -2.35. The van der Waals surface area contributed by atoms with Crippen LogP contribution in [0.1, 0.15) is 31.4 Å². The molecule has 20 heavy (non-hydrogen) atoms. The highest BCUT2D eigenvalue weighted by Gasteiger charge is 2.34. The van der Waals surface area contributed by atoms with E-state index in [0.29, 0.717) is 12.5 Å². The van der Waals surface area contributed by atoms with E-state index in [9.17, 15) is 9.90 Å². The summed E-state index contributed by atoms with van der Waals surface area (Å²) in [5, 5.41) is 10.2. The molecule has 1 aliphatic rings. The molecule has 1 fully saturated rings. The summed E-state index contributed by atoms with van der Waals surface area (Å²) >= 11 is 0. The van der Waals surface area contributed by atoms with Crippen molar-refractivity contribution < 1.29 is 14.6 Å². The van der Waals surface area contributed by atoms with Crippen LogP contribution < -0.4 is 4.74 Å². The second-order valence-corrected chi connectivity index (χ2v) is 5.63. The van der Waals surface area contributed by atoms with E-state index in [4.69, 9.17) is 4.74 Å². The van der Waals surface area contributed by atoms with Gasteiger partial charge >= 0.3 is 0 Å². The molecule has 4 nitrogen and oxygen atoms in total. The molecule has 1 aromatic rings. The second kappa shape index (κ2) is 6.27. The number of hydrogen-bond acceptors (Lipinski definition) is 3. The average molecular weight is 277 g/mol. The van der Waals surface area contributed by atoms with Crippen molar-refractivity contribution in [2.24, 2.45) is 11.8 Å². The van der Waals surface area contributed by atoms with Gasteiger partial charge in [-0.3, -0.25) is 4.79 Å².